The Morgan fingerprint density at radius 1 is 0.600 bits per heavy atom. The Balaban J connectivity index is 0. The molecule has 0 aromatic heterocycles. The zero-order valence-corrected chi connectivity index (χ0v) is 11.8. The first-order valence-corrected chi connectivity index (χ1v) is 5.30. The van der Waals surface area contributed by atoms with Crippen LogP contribution in [0.4, 0.5) is 0 Å². The average molecular weight is 220 g/mol. The van der Waals surface area contributed by atoms with E-state index in [9.17, 15) is 0 Å². The average Bonchev–Trinajstić information content (AvgIpc) is 1.76. The van der Waals surface area contributed by atoms with Crippen molar-refractivity contribution in [3.8, 4) is 0 Å². The minimum Gasteiger partial charge on any atom is -0.391 e. The summed E-state index contributed by atoms with van der Waals surface area (Å²) in [5, 5.41) is 8.52. The largest absolute Gasteiger partial charge is 0.391 e. The standard InChI is InChI=1S/C8H18O2.C4H10O/c1-7(2,3)9-10-8(4,5)6;1-4(2,3)5/h1-6H3;5H,1-3H3. The lowest BCUT2D eigenvalue weighted by atomic mass is 10.2. The van der Waals surface area contributed by atoms with E-state index in [-0.39, 0.29) is 11.2 Å². The van der Waals surface area contributed by atoms with Crippen LogP contribution >= 0.6 is 0 Å². The van der Waals surface area contributed by atoms with Crippen molar-refractivity contribution in [2.75, 3.05) is 0 Å². The van der Waals surface area contributed by atoms with Gasteiger partial charge in [-0.15, -0.1) is 0 Å². The van der Waals surface area contributed by atoms with Gasteiger partial charge in [-0.2, -0.15) is 0 Å². The van der Waals surface area contributed by atoms with Crippen LogP contribution in [-0.2, 0) is 9.78 Å². The van der Waals surface area contributed by atoms with Gasteiger partial charge in [0.15, 0.2) is 0 Å². The second-order valence-corrected chi connectivity index (χ2v) is 6.56. The van der Waals surface area contributed by atoms with Crippen molar-refractivity contribution in [2.45, 2.75) is 79.1 Å². The molecule has 0 atom stereocenters. The third-order valence-electron chi connectivity index (χ3n) is 0.542. The Hall–Kier alpha value is -0.120. The van der Waals surface area contributed by atoms with Gasteiger partial charge in [-0.05, 0) is 62.3 Å². The molecule has 0 rings (SSSR count). The quantitative estimate of drug-likeness (QED) is 0.544. The van der Waals surface area contributed by atoms with Gasteiger partial charge in [0.2, 0.25) is 0 Å². The highest BCUT2D eigenvalue weighted by Gasteiger charge is 2.18. The van der Waals surface area contributed by atoms with Gasteiger partial charge < -0.3 is 5.11 Å². The van der Waals surface area contributed by atoms with Crippen LogP contribution in [0, 0.1) is 0 Å². The van der Waals surface area contributed by atoms with Crippen molar-refractivity contribution in [3.05, 3.63) is 0 Å². The van der Waals surface area contributed by atoms with E-state index in [1.165, 1.54) is 0 Å². The first-order chi connectivity index (χ1) is 6.21. The third kappa shape index (κ3) is 41.4. The summed E-state index contributed by atoms with van der Waals surface area (Å²) in [6.07, 6.45) is 0. The van der Waals surface area contributed by atoms with Crippen LogP contribution in [-0.4, -0.2) is 21.9 Å². The molecular formula is C12H28O3. The van der Waals surface area contributed by atoms with E-state index in [2.05, 4.69) is 0 Å². The Kier molecular flexibility index (Phi) is 6.71. The fourth-order valence-corrected chi connectivity index (χ4v) is 0.250. The number of aliphatic hydroxyl groups is 1. The number of hydrogen-bond donors (Lipinski definition) is 1. The Morgan fingerprint density at radius 2 is 0.733 bits per heavy atom. The Bertz CT molecular complexity index is 135. The van der Waals surface area contributed by atoms with E-state index < -0.39 is 5.60 Å². The summed E-state index contributed by atoms with van der Waals surface area (Å²) in [5.74, 6) is 0. The molecule has 3 nitrogen and oxygen atoms in total. The molecule has 3 heteroatoms. The van der Waals surface area contributed by atoms with E-state index >= 15 is 0 Å². The minimum absolute atomic E-state index is 0.215. The van der Waals surface area contributed by atoms with Crippen molar-refractivity contribution in [1.82, 2.24) is 0 Å². The van der Waals surface area contributed by atoms with Crippen LogP contribution in [0.25, 0.3) is 0 Å². The van der Waals surface area contributed by atoms with Gasteiger partial charge in [0.05, 0.1) is 16.8 Å². The molecule has 0 heterocycles. The molecule has 0 fully saturated rings. The van der Waals surface area contributed by atoms with Gasteiger partial charge in [-0.1, -0.05) is 0 Å². The molecule has 0 unspecified atom stereocenters. The van der Waals surface area contributed by atoms with E-state index in [0.29, 0.717) is 0 Å². The van der Waals surface area contributed by atoms with Crippen LogP contribution in [0.2, 0.25) is 0 Å². The summed E-state index contributed by atoms with van der Waals surface area (Å²) in [6.45, 7) is 17.0. The predicted molar refractivity (Wildman–Crippen MR) is 63.6 cm³/mol. The smallest absolute Gasteiger partial charge is 0.0952 e. The summed E-state index contributed by atoms with van der Waals surface area (Å²) in [4.78, 5) is 10.2. The first-order valence-electron chi connectivity index (χ1n) is 5.30. The van der Waals surface area contributed by atoms with Gasteiger partial charge in [-0.25, -0.2) is 9.78 Å². The van der Waals surface area contributed by atoms with Crippen LogP contribution in [0.5, 0.6) is 0 Å². The lowest BCUT2D eigenvalue weighted by Crippen LogP contribution is -2.27. The predicted octanol–water partition coefficient (Wildman–Crippen LogP) is 3.31. The molecule has 0 radical (unpaired) electrons. The fraction of sp³-hybridized carbons (Fsp3) is 1.00. The van der Waals surface area contributed by atoms with E-state index in [1.807, 2.05) is 41.5 Å². The molecular weight excluding hydrogens is 192 g/mol. The summed E-state index contributed by atoms with van der Waals surface area (Å²) in [5.41, 5.74) is -0.930. The maximum atomic E-state index is 8.52. The third-order valence-corrected chi connectivity index (χ3v) is 0.542. The SMILES string of the molecule is CC(C)(C)O.CC(C)(C)OOC(C)(C)C. The van der Waals surface area contributed by atoms with Crippen molar-refractivity contribution in [3.63, 3.8) is 0 Å². The highest BCUT2D eigenvalue weighted by Crippen LogP contribution is 2.14. The maximum Gasteiger partial charge on any atom is 0.0952 e. The zero-order valence-electron chi connectivity index (χ0n) is 11.8. The molecule has 0 amide bonds. The van der Waals surface area contributed by atoms with Crippen LogP contribution in [0.1, 0.15) is 62.3 Å². The second kappa shape index (κ2) is 5.83. The maximum absolute atomic E-state index is 8.52. The molecule has 0 saturated heterocycles. The summed E-state index contributed by atoms with van der Waals surface area (Å²) < 4.78 is 0. The monoisotopic (exact) mass is 220 g/mol. The van der Waals surface area contributed by atoms with Crippen LogP contribution < -0.4 is 0 Å². The highest BCUT2D eigenvalue weighted by molar-refractivity contribution is 4.58. The van der Waals surface area contributed by atoms with Gasteiger partial charge in [-0.3, -0.25) is 0 Å². The molecule has 0 aromatic carbocycles. The number of rotatable bonds is 1. The van der Waals surface area contributed by atoms with Crippen LogP contribution in [0.15, 0.2) is 0 Å². The van der Waals surface area contributed by atoms with Crippen molar-refractivity contribution < 1.29 is 14.9 Å². The van der Waals surface area contributed by atoms with Crippen molar-refractivity contribution in [2.24, 2.45) is 0 Å². The lowest BCUT2D eigenvalue weighted by Gasteiger charge is -2.24. The molecule has 1 N–H and O–H groups in total. The Labute approximate surface area is 94.7 Å². The van der Waals surface area contributed by atoms with E-state index in [0.717, 1.165) is 0 Å². The van der Waals surface area contributed by atoms with Crippen molar-refractivity contribution >= 4 is 0 Å². The summed E-state index contributed by atoms with van der Waals surface area (Å²) in [6, 6.07) is 0. The van der Waals surface area contributed by atoms with Crippen LogP contribution in [0.3, 0.4) is 0 Å². The molecule has 0 saturated carbocycles. The Morgan fingerprint density at radius 3 is 0.800 bits per heavy atom. The topological polar surface area (TPSA) is 38.7 Å². The molecule has 0 aliphatic heterocycles. The van der Waals surface area contributed by atoms with Gasteiger partial charge >= 0.3 is 0 Å². The molecule has 0 aliphatic carbocycles. The van der Waals surface area contributed by atoms with Gasteiger partial charge in [0.25, 0.3) is 0 Å². The van der Waals surface area contributed by atoms with E-state index in [1.54, 1.807) is 20.8 Å². The molecule has 0 spiro atoms. The number of hydrogen-bond acceptors (Lipinski definition) is 3. The first kappa shape index (κ1) is 17.3. The van der Waals surface area contributed by atoms with Crippen molar-refractivity contribution in [1.29, 1.82) is 0 Å². The highest BCUT2D eigenvalue weighted by atomic mass is 17.2. The second-order valence-electron chi connectivity index (χ2n) is 6.56. The summed E-state index contributed by atoms with van der Waals surface area (Å²) in [7, 11) is 0. The zero-order chi connectivity index (χ0) is 12.9. The van der Waals surface area contributed by atoms with E-state index in [4.69, 9.17) is 14.9 Å². The van der Waals surface area contributed by atoms with Gasteiger partial charge in [0, 0.05) is 0 Å². The lowest BCUT2D eigenvalue weighted by molar-refractivity contribution is -0.393. The fourth-order valence-electron chi connectivity index (χ4n) is 0.250. The molecule has 15 heavy (non-hydrogen) atoms. The minimum atomic E-state index is -0.500. The molecule has 0 bridgehead atoms. The molecule has 0 aromatic rings. The summed E-state index contributed by atoms with van der Waals surface area (Å²) >= 11 is 0. The van der Waals surface area contributed by atoms with Gasteiger partial charge in [0.1, 0.15) is 0 Å². The normalized spacial score (nSPS) is 13.2. The molecule has 94 valence electrons. The molecule has 0 aliphatic rings.